The van der Waals surface area contributed by atoms with Gasteiger partial charge in [0.2, 0.25) is 0 Å². The molecule has 1 aliphatic rings. The van der Waals surface area contributed by atoms with Gasteiger partial charge in [-0.15, -0.1) is 0 Å². The summed E-state index contributed by atoms with van der Waals surface area (Å²) in [6, 6.07) is 15.2. The zero-order chi connectivity index (χ0) is 20.2. The molecule has 6 nitrogen and oxygen atoms in total. The first kappa shape index (κ1) is 19.2. The third-order valence-corrected chi connectivity index (χ3v) is 5.28. The van der Waals surface area contributed by atoms with E-state index in [1.54, 1.807) is 41.0 Å². The zero-order valence-corrected chi connectivity index (χ0v) is 16.5. The van der Waals surface area contributed by atoms with Gasteiger partial charge in [-0.2, -0.15) is 0 Å². The number of hydrogen-bond donors (Lipinski definition) is 0. The zero-order valence-electron chi connectivity index (χ0n) is 16.5. The summed E-state index contributed by atoms with van der Waals surface area (Å²) < 4.78 is 12.5. The van der Waals surface area contributed by atoms with Gasteiger partial charge in [0.1, 0.15) is 5.75 Å². The van der Waals surface area contributed by atoms with Crippen molar-refractivity contribution in [3.8, 4) is 5.75 Å². The molecular formula is C23H24N2O4. The number of aromatic nitrogens is 1. The maximum absolute atomic E-state index is 12.8. The molecular weight excluding hydrogens is 368 g/mol. The number of rotatable bonds is 6. The topological polar surface area (TPSA) is 60.8 Å². The van der Waals surface area contributed by atoms with Crippen LogP contribution in [0.25, 0.3) is 10.8 Å². The van der Waals surface area contributed by atoms with Crippen LogP contribution in [0.3, 0.4) is 0 Å². The van der Waals surface area contributed by atoms with Crippen LogP contribution in [0.15, 0.2) is 59.5 Å². The Morgan fingerprint density at radius 2 is 1.93 bits per heavy atom. The van der Waals surface area contributed by atoms with Crippen molar-refractivity contribution in [2.75, 3.05) is 31.8 Å². The minimum Gasteiger partial charge on any atom is -0.483 e. The Morgan fingerprint density at radius 3 is 2.79 bits per heavy atom. The SMILES string of the molecule is COCCn1ccc2c(OCC(=O)N3CCCc4ccccc43)cccc2c1=O. The van der Waals surface area contributed by atoms with Gasteiger partial charge in [0, 0.05) is 37.5 Å². The number of fused-ring (bicyclic) bond motifs is 2. The lowest BCUT2D eigenvalue weighted by Gasteiger charge is -2.29. The average molecular weight is 392 g/mol. The first-order valence-electron chi connectivity index (χ1n) is 9.81. The molecule has 0 aliphatic carbocycles. The van der Waals surface area contributed by atoms with E-state index in [-0.39, 0.29) is 18.1 Å². The largest absolute Gasteiger partial charge is 0.483 e. The number of carbonyl (C=O) groups excluding carboxylic acids is 1. The van der Waals surface area contributed by atoms with Crippen molar-refractivity contribution in [1.82, 2.24) is 4.57 Å². The number of amides is 1. The minimum atomic E-state index is -0.0960. The molecule has 150 valence electrons. The van der Waals surface area contributed by atoms with Gasteiger partial charge in [0.05, 0.1) is 12.0 Å². The van der Waals surface area contributed by atoms with E-state index >= 15 is 0 Å². The van der Waals surface area contributed by atoms with Crippen LogP contribution in [-0.2, 0) is 22.5 Å². The van der Waals surface area contributed by atoms with Gasteiger partial charge in [-0.25, -0.2) is 0 Å². The maximum Gasteiger partial charge on any atom is 0.264 e. The minimum absolute atomic E-state index is 0.0692. The van der Waals surface area contributed by atoms with Crippen LogP contribution < -0.4 is 15.2 Å². The molecule has 1 aromatic heterocycles. The summed E-state index contributed by atoms with van der Waals surface area (Å²) in [4.78, 5) is 27.3. The number of nitrogens with zero attached hydrogens (tertiary/aromatic N) is 2. The molecule has 0 fully saturated rings. The van der Waals surface area contributed by atoms with Gasteiger partial charge >= 0.3 is 0 Å². The van der Waals surface area contributed by atoms with Crippen LogP contribution >= 0.6 is 0 Å². The van der Waals surface area contributed by atoms with E-state index in [2.05, 4.69) is 6.07 Å². The Hall–Kier alpha value is -3.12. The van der Waals surface area contributed by atoms with Crippen LogP contribution in [0.1, 0.15) is 12.0 Å². The van der Waals surface area contributed by atoms with E-state index in [1.807, 2.05) is 24.3 Å². The molecule has 0 saturated heterocycles. The number of methoxy groups -OCH3 is 1. The molecule has 2 aromatic carbocycles. The molecule has 1 amide bonds. The summed E-state index contributed by atoms with van der Waals surface area (Å²) in [5.74, 6) is 0.458. The fraction of sp³-hybridized carbons (Fsp3) is 0.304. The molecule has 0 radical (unpaired) electrons. The number of ether oxygens (including phenoxy) is 2. The number of para-hydroxylation sites is 1. The molecule has 0 saturated carbocycles. The Kier molecular flexibility index (Phi) is 5.62. The number of carbonyl (C=O) groups is 1. The van der Waals surface area contributed by atoms with Crippen molar-refractivity contribution in [3.63, 3.8) is 0 Å². The van der Waals surface area contributed by atoms with E-state index in [0.717, 1.165) is 18.5 Å². The smallest absolute Gasteiger partial charge is 0.264 e. The second-order valence-electron chi connectivity index (χ2n) is 7.09. The predicted octanol–water partition coefficient (Wildman–Crippen LogP) is 3.01. The first-order valence-corrected chi connectivity index (χ1v) is 9.81. The van der Waals surface area contributed by atoms with E-state index in [0.29, 0.717) is 36.2 Å². The van der Waals surface area contributed by atoms with Crippen molar-refractivity contribution in [3.05, 3.63) is 70.6 Å². The van der Waals surface area contributed by atoms with Crippen LogP contribution in [-0.4, -0.2) is 37.3 Å². The highest BCUT2D eigenvalue weighted by molar-refractivity contribution is 5.96. The van der Waals surface area contributed by atoms with Crippen molar-refractivity contribution >= 4 is 22.4 Å². The van der Waals surface area contributed by atoms with Crippen LogP contribution in [0, 0.1) is 0 Å². The normalized spacial score (nSPS) is 13.3. The molecule has 0 bridgehead atoms. The Morgan fingerprint density at radius 1 is 1.07 bits per heavy atom. The summed E-state index contributed by atoms with van der Waals surface area (Å²) in [5, 5.41) is 1.27. The van der Waals surface area contributed by atoms with Gasteiger partial charge in [-0.3, -0.25) is 9.59 Å². The van der Waals surface area contributed by atoms with E-state index < -0.39 is 0 Å². The van der Waals surface area contributed by atoms with Crippen molar-refractivity contribution in [2.45, 2.75) is 19.4 Å². The molecule has 0 unspecified atom stereocenters. The Labute approximate surface area is 169 Å². The Balaban J connectivity index is 1.54. The van der Waals surface area contributed by atoms with Crippen LogP contribution in [0.5, 0.6) is 5.75 Å². The maximum atomic E-state index is 12.8. The first-order chi connectivity index (χ1) is 14.2. The fourth-order valence-electron chi connectivity index (χ4n) is 3.79. The number of benzene rings is 2. The molecule has 6 heteroatoms. The molecule has 1 aliphatic heterocycles. The third-order valence-electron chi connectivity index (χ3n) is 5.28. The second kappa shape index (κ2) is 8.49. The molecule has 4 rings (SSSR count). The number of anilines is 1. The van der Waals surface area contributed by atoms with E-state index in [9.17, 15) is 9.59 Å². The van der Waals surface area contributed by atoms with Gasteiger partial charge in [-0.05, 0) is 42.7 Å². The summed E-state index contributed by atoms with van der Waals surface area (Å²) in [5.41, 5.74) is 2.06. The molecule has 29 heavy (non-hydrogen) atoms. The Bertz CT molecular complexity index is 1090. The van der Waals surface area contributed by atoms with Crippen molar-refractivity contribution in [1.29, 1.82) is 0 Å². The predicted molar refractivity (Wildman–Crippen MR) is 113 cm³/mol. The fourth-order valence-corrected chi connectivity index (χ4v) is 3.79. The monoisotopic (exact) mass is 392 g/mol. The molecule has 3 aromatic rings. The van der Waals surface area contributed by atoms with Crippen molar-refractivity contribution in [2.24, 2.45) is 0 Å². The van der Waals surface area contributed by atoms with Crippen LogP contribution in [0.4, 0.5) is 5.69 Å². The summed E-state index contributed by atoms with van der Waals surface area (Å²) in [7, 11) is 1.61. The van der Waals surface area contributed by atoms with Gasteiger partial charge in [0.15, 0.2) is 6.61 Å². The van der Waals surface area contributed by atoms with Crippen molar-refractivity contribution < 1.29 is 14.3 Å². The molecule has 0 atom stereocenters. The molecule has 0 spiro atoms. The van der Waals surface area contributed by atoms with Gasteiger partial charge in [-0.1, -0.05) is 24.3 Å². The summed E-state index contributed by atoms with van der Waals surface area (Å²) in [6.07, 6.45) is 3.66. The standard InChI is InChI=1S/C23H24N2O4/c1-28-15-14-24-13-11-18-19(23(24)27)8-4-10-21(18)29-16-22(26)25-12-5-7-17-6-2-3-9-20(17)25/h2-4,6,8-11,13H,5,7,12,14-16H2,1H3. The van der Waals surface area contributed by atoms with Gasteiger partial charge in [0.25, 0.3) is 11.5 Å². The lowest BCUT2D eigenvalue weighted by molar-refractivity contribution is -0.120. The lowest BCUT2D eigenvalue weighted by Crippen LogP contribution is -2.38. The van der Waals surface area contributed by atoms with E-state index in [1.165, 1.54) is 5.56 Å². The number of aryl methyl sites for hydroxylation is 1. The second-order valence-corrected chi connectivity index (χ2v) is 7.09. The number of pyridine rings is 1. The van der Waals surface area contributed by atoms with Crippen LogP contribution in [0.2, 0.25) is 0 Å². The summed E-state index contributed by atoms with van der Waals surface area (Å²) >= 11 is 0. The highest BCUT2D eigenvalue weighted by atomic mass is 16.5. The molecule has 2 heterocycles. The quantitative estimate of drug-likeness (QED) is 0.647. The van der Waals surface area contributed by atoms with Gasteiger partial charge < -0.3 is 18.9 Å². The highest BCUT2D eigenvalue weighted by Crippen LogP contribution is 2.27. The lowest BCUT2D eigenvalue weighted by atomic mass is 10.0. The number of hydrogen-bond acceptors (Lipinski definition) is 4. The highest BCUT2D eigenvalue weighted by Gasteiger charge is 2.22. The molecule has 0 N–H and O–H groups in total. The van der Waals surface area contributed by atoms with E-state index in [4.69, 9.17) is 9.47 Å². The third kappa shape index (κ3) is 3.89. The summed E-state index contributed by atoms with van der Waals surface area (Å²) in [6.45, 7) is 1.58. The average Bonchev–Trinajstić information content (AvgIpc) is 2.76.